The van der Waals surface area contributed by atoms with Gasteiger partial charge in [-0.1, -0.05) is 11.6 Å². The Morgan fingerprint density at radius 2 is 2.00 bits per heavy atom. The van der Waals surface area contributed by atoms with Gasteiger partial charge in [0, 0.05) is 42.1 Å². The van der Waals surface area contributed by atoms with E-state index in [1.54, 1.807) is 11.8 Å². The fourth-order valence-electron chi connectivity index (χ4n) is 3.22. The average molecular weight is 364 g/mol. The van der Waals surface area contributed by atoms with Gasteiger partial charge in [-0.05, 0) is 44.0 Å². The minimum atomic E-state index is -0.280. The zero-order valence-corrected chi connectivity index (χ0v) is 15.2. The van der Waals surface area contributed by atoms with Crippen molar-refractivity contribution in [3.63, 3.8) is 0 Å². The van der Waals surface area contributed by atoms with Crippen LogP contribution < -0.4 is 5.32 Å². The molecule has 1 aliphatic rings. The van der Waals surface area contributed by atoms with Crippen molar-refractivity contribution in [3.05, 3.63) is 35.0 Å². The van der Waals surface area contributed by atoms with Gasteiger partial charge in [0.15, 0.2) is 0 Å². The third-order valence-corrected chi connectivity index (χ3v) is 4.83. The number of ether oxygens (including phenoxy) is 1. The van der Waals surface area contributed by atoms with Gasteiger partial charge in [0.2, 0.25) is 0 Å². The molecule has 0 aliphatic carbocycles. The highest BCUT2D eigenvalue weighted by Gasteiger charge is 2.25. The Morgan fingerprint density at radius 1 is 1.28 bits per heavy atom. The molecular weight excluding hydrogens is 342 g/mol. The highest BCUT2D eigenvalue weighted by Crippen LogP contribution is 2.23. The SMILES string of the molecule is CCOC(=O)N1CCC(NC(=O)c2cc3cc(Cl)ccc3n2C)CC1. The number of aryl methyl sites for hydroxylation is 1. The number of carbonyl (C=O) groups is 2. The van der Waals surface area contributed by atoms with E-state index in [2.05, 4.69) is 5.32 Å². The molecule has 0 bridgehead atoms. The Labute approximate surface area is 151 Å². The molecule has 1 aromatic heterocycles. The van der Waals surface area contributed by atoms with Gasteiger partial charge >= 0.3 is 6.09 Å². The van der Waals surface area contributed by atoms with E-state index in [0.29, 0.717) is 30.4 Å². The standard InChI is InChI=1S/C18H22ClN3O3/c1-3-25-18(24)22-8-6-14(7-9-22)20-17(23)16-11-12-10-13(19)4-5-15(12)21(16)2/h4-5,10-11,14H,3,6-9H2,1-2H3,(H,20,23). The van der Waals surface area contributed by atoms with Crippen LogP contribution in [0.25, 0.3) is 10.9 Å². The number of nitrogens with one attached hydrogen (secondary N) is 1. The molecule has 0 unspecified atom stereocenters. The van der Waals surface area contributed by atoms with Gasteiger partial charge in [-0.2, -0.15) is 0 Å². The number of amides is 2. The number of aromatic nitrogens is 1. The summed E-state index contributed by atoms with van der Waals surface area (Å²) in [4.78, 5) is 26.0. The molecule has 1 aliphatic heterocycles. The molecule has 0 saturated carbocycles. The molecule has 7 heteroatoms. The summed E-state index contributed by atoms with van der Waals surface area (Å²) in [5.41, 5.74) is 1.57. The van der Waals surface area contributed by atoms with Crippen LogP contribution in [0.4, 0.5) is 4.79 Å². The van der Waals surface area contributed by atoms with E-state index in [-0.39, 0.29) is 18.0 Å². The minimum absolute atomic E-state index is 0.0553. The first-order valence-corrected chi connectivity index (χ1v) is 8.85. The van der Waals surface area contributed by atoms with E-state index >= 15 is 0 Å². The van der Waals surface area contributed by atoms with E-state index in [1.165, 1.54) is 0 Å². The Balaban J connectivity index is 1.64. The largest absolute Gasteiger partial charge is 0.450 e. The third-order valence-electron chi connectivity index (χ3n) is 4.59. The average Bonchev–Trinajstić information content (AvgIpc) is 2.92. The predicted octanol–water partition coefficient (Wildman–Crippen LogP) is 3.18. The molecule has 3 rings (SSSR count). The minimum Gasteiger partial charge on any atom is -0.450 e. The second-order valence-electron chi connectivity index (χ2n) is 6.23. The van der Waals surface area contributed by atoms with Gasteiger partial charge in [-0.25, -0.2) is 4.79 Å². The first-order valence-electron chi connectivity index (χ1n) is 8.47. The molecule has 134 valence electrons. The van der Waals surface area contributed by atoms with Crippen molar-refractivity contribution in [2.75, 3.05) is 19.7 Å². The van der Waals surface area contributed by atoms with Crippen LogP contribution in [-0.4, -0.2) is 47.2 Å². The van der Waals surface area contributed by atoms with Crippen LogP contribution in [-0.2, 0) is 11.8 Å². The Morgan fingerprint density at radius 3 is 2.68 bits per heavy atom. The number of carbonyl (C=O) groups excluding carboxylic acids is 2. The topological polar surface area (TPSA) is 63.6 Å². The summed E-state index contributed by atoms with van der Waals surface area (Å²) in [6, 6.07) is 7.48. The van der Waals surface area contributed by atoms with Gasteiger partial charge in [0.1, 0.15) is 5.69 Å². The van der Waals surface area contributed by atoms with Gasteiger partial charge in [-0.3, -0.25) is 4.79 Å². The molecule has 0 atom stereocenters. The number of piperidine rings is 1. The first-order chi connectivity index (χ1) is 12.0. The molecule has 1 fully saturated rings. The second kappa shape index (κ2) is 7.35. The molecule has 25 heavy (non-hydrogen) atoms. The van der Waals surface area contributed by atoms with Gasteiger partial charge in [0.25, 0.3) is 5.91 Å². The second-order valence-corrected chi connectivity index (χ2v) is 6.66. The number of fused-ring (bicyclic) bond motifs is 1. The number of hydrogen-bond acceptors (Lipinski definition) is 3. The summed E-state index contributed by atoms with van der Waals surface area (Å²) in [6.45, 7) is 3.35. The lowest BCUT2D eigenvalue weighted by molar-refractivity contribution is 0.0855. The highest BCUT2D eigenvalue weighted by atomic mass is 35.5. The molecule has 1 N–H and O–H groups in total. The lowest BCUT2D eigenvalue weighted by atomic mass is 10.1. The zero-order valence-electron chi connectivity index (χ0n) is 14.4. The number of halogens is 1. The fraction of sp³-hybridized carbons (Fsp3) is 0.444. The quantitative estimate of drug-likeness (QED) is 0.910. The van der Waals surface area contributed by atoms with Crippen LogP contribution in [0.1, 0.15) is 30.3 Å². The molecule has 2 heterocycles. The van der Waals surface area contributed by atoms with Crippen LogP contribution in [0.5, 0.6) is 0 Å². The number of nitrogens with zero attached hydrogens (tertiary/aromatic N) is 2. The molecule has 2 amide bonds. The summed E-state index contributed by atoms with van der Waals surface area (Å²) in [5.74, 6) is -0.107. The Bertz CT molecular complexity index is 794. The molecule has 0 radical (unpaired) electrons. The summed E-state index contributed by atoms with van der Waals surface area (Å²) in [7, 11) is 1.87. The van der Waals surface area contributed by atoms with Crippen LogP contribution in [0, 0.1) is 0 Å². The Hall–Kier alpha value is -2.21. The maximum Gasteiger partial charge on any atom is 0.409 e. The first kappa shape index (κ1) is 17.6. The molecule has 0 spiro atoms. The van der Waals surface area contributed by atoms with Crippen molar-refractivity contribution in [1.82, 2.24) is 14.8 Å². The Kier molecular flexibility index (Phi) is 5.18. The normalized spacial score (nSPS) is 15.4. The predicted molar refractivity (Wildman–Crippen MR) is 97.0 cm³/mol. The molecule has 1 saturated heterocycles. The molecule has 2 aromatic rings. The van der Waals surface area contributed by atoms with E-state index in [4.69, 9.17) is 16.3 Å². The lowest BCUT2D eigenvalue weighted by Crippen LogP contribution is -2.46. The van der Waals surface area contributed by atoms with Crippen LogP contribution in [0.3, 0.4) is 0 Å². The number of hydrogen-bond donors (Lipinski definition) is 1. The summed E-state index contributed by atoms with van der Waals surface area (Å²) >= 11 is 6.02. The highest BCUT2D eigenvalue weighted by molar-refractivity contribution is 6.31. The molecular formula is C18H22ClN3O3. The third kappa shape index (κ3) is 3.74. The van der Waals surface area contributed by atoms with Crippen molar-refractivity contribution >= 4 is 34.5 Å². The zero-order chi connectivity index (χ0) is 18.0. The monoisotopic (exact) mass is 363 g/mol. The number of rotatable bonds is 3. The number of likely N-dealkylation sites (tertiary alicyclic amines) is 1. The van der Waals surface area contributed by atoms with Gasteiger partial charge in [0.05, 0.1) is 6.61 Å². The van der Waals surface area contributed by atoms with Gasteiger partial charge in [-0.15, -0.1) is 0 Å². The van der Waals surface area contributed by atoms with E-state index in [1.807, 2.05) is 35.9 Å². The lowest BCUT2D eigenvalue weighted by Gasteiger charge is -2.31. The molecule has 1 aromatic carbocycles. The summed E-state index contributed by atoms with van der Waals surface area (Å²) in [5, 5.41) is 4.66. The van der Waals surface area contributed by atoms with E-state index < -0.39 is 0 Å². The van der Waals surface area contributed by atoms with Crippen molar-refractivity contribution in [1.29, 1.82) is 0 Å². The van der Waals surface area contributed by atoms with Crippen LogP contribution in [0.2, 0.25) is 5.02 Å². The summed E-state index contributed by atoms with van der Waals surface area (Å²) < 4.78 is 6.88. The van der Waals surface area contributed by atoms with Crippen molar-refractivity contribution in [2.45, 2.75) is 25.8 Å². The number of benzene rings is 1. The van der Waals surface area contributed by atoms with Gasteiger partial charge < -0.3 is 19.5 Å². The maximum atomic E-state index is 12.6. The van der Waals surface area contributed by atoms with Crippen molar-refractivity contribution in [3.8, 4) is 0 Å². The fourth-order valence-corrected chi connectivity index (χ4v) is 3.40. The van der Waals surface area contributed by atoms with Crippen LogP contribution in [0.15, 0.2) is 24.3 Å². The van der Waals surface area contributed by atoms with E-state index in [0.717, 1.165) is 23.7 Å². The smallest absolute Gasteiger partial charge is 0.409 e. The maximum absolute atomic E-state index is 12.6. The van der Waals surface area contributed by atoms with Crippen LogP contribution >= 0.6 is 11.6 Å². The van der Waals surface area contributed by atoms with Crippen molar-refractivity contribution in [2.24, 2.45) is 7.05 Å². The molecule has 6 nitrogen and oxygen atoms in total. The van der Waals surface area contributed by atoms with E-state index in [9.17, 15) is 9.59 Å². The van der Waals surface area contributed by atoms with Crippen molar-refractivity contribution < 1.29 is 14.3 Å². The summed E-state index contributed by atoms with van der Waals surface area (Å²) in [6.07, 6.45) is 1.17.